The van der Waals surface area contributed by atoms with Crippen molar-refractivity contribution in [1.29, 1.82) is 0 Å². The number of piperidine rings is 1. The molecule has 0 N–H and O–H groups in total. The summed E-state index contributed by atoms with van der Waals surface area (Å²) < 4.78 is 6.56. The van der Waals surface area contributed by atoms with E-state index < -0.39 is 8.32 Å². The van der Waals surface area contributed by atoms with Gasteiger partial charge < -0.3 is 9.33 Å². The van der Waals surface area contributed by atoms with Gasteiger partial charge in [-0.2, -0.15) is 0 Å². The molecule has 0 radical (unpaired) electrons. The molecular formula is C19H29NO2Si. The van der Waals surface area contributed by atoms with Gasteiger partial charge in [-0.25, -0.2) is 0 Å². The molecule has 0 aromatic heterocycles. The zero-order chi connectivity index (χ0) is 16.8. The molecule has 1 saturated carbocycles. The van der Waals surface area contributed by atoms with Gasteiger partial charge in [-0.15, -0.1) is 0 Å². The fourth-order valence-corrected chi connectivity index (χ4v) is 4.92. The van der Waals surface area contributed by atoms with Crippen molar-refractivity contribution in [3.05, 3.63) is 35.9 Å². The van der Waals surface area contributed by atoms with Crippen LogP contribution in [0.1, 0.15) is 39.2 Å². The van der Waals surface area contributed by atoms with Crippen LogP contribution in [0.3, 0.4) is 0 Å². The quantitative estimate of drug-likeness (QED) is 0.774. The van der Waals surface area contributed by atoms with Crippen LogP contribution in [0.2, 0.25) is 18.1 Å². The maximum absolute atomic E-state index is 12.8. The summed E-state index contributed by atoms with van der Waals surface area (Å²) >= 11 is 0. The van der Waals surface area contributed by atoms with Gasteiger partial charge in [-0.05, 0) is 36.5 Å². The summed E-state index contributed by atoms with van der Waals surface area (Å²) in [5.74, 6) is 0.381. The molecule has 4 heteroatoms. The molecule has 2 fully saturated rings. The molecule has 1 heterocycles. The second kappa shape index (κ2) is 5.74. The Kier molecular flexibility index (Phi) is 4.17. The summed E-state index contributed by atoms with van der Waals surface area (Å²) in [5.41, 5.74) is 1.22. The maximum Gasteiger partial charge on any atom is 0.228 e. The number of likely N-dealkylation sites (tertiary alicyclic amines) is 1. The lowest BCUT2D eigenvalue weighted by atomic mass is 10.0. The second-order valence-electron chi connectivity index (χ2n) is 8.60. The number of nitrogens with zero attached hydrogens (tertiary/aromatic N) is 1. The third-order valence-electron chi connectivity index (χ3n) is 5.97. The van der Waals surface area contributed by atoms with Gasteiger partial charge in [0, 0.05) is 12.6 Å². The Morgan fingerprint density at radius 1 is 1.17 bits per heavy atom. The van der Waals surface area contributed by atoms with Crippen molar-refractivity contribution in [1.82, 2.24) is 4.90 Å². The molecule has 1 aliphatic heterocycles. The largest absolute Gasteiger partial charge is 0.413 e. The molecule has 3 rings (SSSR count). The van der Waals surface area contributed by atoms with Crippen molar-refractivity contribution in [3.8, 4) is 0 Å². The van der Waals surface area contributed by atoms with Crippen molar-refractivity contribution < 1.29 is 9.22 Å². The molecule has 23 heavy (non-hydrogen) atoms. The molecule has 2 aliphatic rings. The minimum atomic E-state index is -1.80. The Morgan fingerprint density at radius 3 is 2.39 bits per heavy atom. The van der Waals surface area contributed by atoms with E-state index in [0.29, 0.717) is 11.9 Å². The molecule has 126 valence electrons. The number of carbonyl (C=O) groups is 1. The van der Waals surface area contributed by atoms with E-state index in [0.717, 1.165) is 19.4 Å². The summed E-state index contributed by atoms with van der Waals surface area (Å²) in [6, 6.07) is 10.7. The Balaban J connectivity index is 1.67. The number of amides is 1. The summed E-state index contributed by atoms with van der Waals surface area (Å²) in [6.07, 6.45) is 2.13. The number of benzene rings is 1. The van der Waals surface area contributed by atoms with E-state index in [1.165, 1.54) is 5.56 Å². The molecule has 1 aliphatic carbocycles. The topological polar surface area (TPSA) is 29.5 Å². The van der Waals surface area contributed by atoms with Crippen LogP contribution in [-0.4, -0.2) is 31.3 Å². The minimum absolute atomic E-state index is 0.0813. The highest BCUT2D eigenvalue weighted by molar-refractivity contribution is 6.74. The van der Waals surface area contributed by atoms with Gasteiger partial charge >= 0.3 is 0 Å². The van der Waals surface area contributed by atoms with Gasteiger partial charge in [-0.1, -0.05) is 51.1 Å². The molecule has 1 aromatic rings. The van der Waals surface area contributed by atoms with Crippen LogP contribution in [0.25, 0.3) is 0 Å². The van der Waals surface area contributed by atoms with E-state index in [9.17, 15) is 4.79 Å². The summed E-state index contributed by atoms with van der Waals surface area (Å²) in [7, 11) is -1.80. The average Bonchev–Trinajstić information content (AvgIpc) is 2.98. The molecule has 1 amide bonds. The molecule has 2 bridgehead atoms. The van der Waals surface area contributed by atoms with Crippen LogP contribution in [0.15, 0.2) is 30.3 Å². The van der Waals surface area contributed by atoms with Crippen molar-refractivity contribution in [3.63, 3.8) is 0 Å². The first-order valence-electron chi connectivity index (χ1n) is 8.71. The van der Waals surface area contributed by atoms with E-state index in [1.807, 2.05) is 18.2 Å². The highest BCUT2D eigenvalue weighted by atomic mass is 28.4. The molecule has 0 unspecified atom stereocenters. The predicted molar refractivity (Wildman–Crippen MR) is 95.6 cm³/mol. The zero-order valence-corrected chi connectivity index (χ0v) is 16.0. The smallest absolute Gasteiger partial charge is 0.228 e. The van der Waals surface area contributed by atoms with E-state index >= 15 is 0 Å². The number of rotatable bonds is 4. The van der Waals surface area contributed by atoms with Crippen LogP contribution in [0.5, 0.6) is 0 Å². The van der Waals surface area contributed by atoms with Crippen molar-refractivity contribution in [2.45, 2.75) is 70.4 Å². The highest BCUT2D eigenvalue weighted by Crippen LogP contribution is 2.45. The molecule has 1 aromatic carbocycles. The monoisotopic (exact) mass is 331 g/mol. The fraction of sp³-hybridized carbons (Fsp3) is 0.632. The Bertz CT molecular complexity index is 579. The van der Waals surface area contributed by atoms with E-state index in [1.54, 1.807) is 0 Å². The Hall–Kier alpha value is -1.13. The number of carbonyl (C=O) groups excluding carboxylic acids is 1. The van der Waals surface area contributed by atoms with Crippen LogP contribution in [-0.2, 0) is 15.8 Å². The van der Waals surface area contributed by atoms with Gasteiger partial charge in [0.15, 0.2) is 8.32 Å². The first kappa shape index (κ1) is 16.7. The number of hydrogen-bond acceptors (Lipinski definition) is 2. The first-order valence-corrected chi connectivity index (χ1v) is 11.6. The Labute approximate surface area is 141 Å². The van der Waals surface area contributed by atoms with Crippen LogP contribution in [0.4, 0.5) is 0 Å². The average molecular weight is 332 g/mol. The molecular weight excluding hydrogens is 302 g/mol. The lowest BCUT2D eigenvalue weighted by molar-refractivity contribution is -0.138. The lowest BCUT2D eigenvalue weighted by Crippen LogP contribution is -2.49. The van der Waals surface area contributed by atoms with E-state index in [2.05, 4.69) is 50.9 Å². The van der Waals surface area contributed by atoms with Crippen molar-refractivity contribution >= 4 is 14.2 Å². The van der Waals surface area contributed by atoms with Gasteiger partial charge in [0.1, 0.15) is 0 Å². The van der Waals surface area contributed by atoms with Crippen LogP contribution in [0, 0.1) is 5.92 Å². The Morgan fingerprint density at radius 2 is 1.83 bits per heavy atom. The highest BCUT2D eigenvalue weighted by Gasteiger charge is 2.53. The third kappa shape index (κ3) is 3.11. The molecule has 1 saturated heterocycles. The fourth-order valence-electron chi connectivity index (χ4n) is 3.55. The SMILES string of the molecule is CC(C)(C)[Si](C)(C)O[C@H]1C[C@H]2C[C@@H]1C(=O)N2Cc1ccccc1. The normalized spacial score (nSPS) is 27.8. The summed E-state index contributed by atoms with van der Waals surface area (Å²) in [5, 5.41) is 0.196. The standard InChI is InChI=1S/C19H29NO2Si/c1-19(2,3)23(4,5)22-17-12-15-11-16(17)18(21)20(15)13-14-9-7-6-8-10-14/h6-10,15-17H,11-13H2,1-5H3/t15-,16+,17+/m1/s1. The van der Waals surface area contributed by atoms with Gasteiger partial charge in [0.05, 0.1) is 12.0 Å². The molecule has 0 spiro atoms. The first-order chi connectivity index (χ1) is 10.7. The summed E-state index contributed by atoms with van der Waals surface area (Å²) in [4.78, 5) is 14.9. The predicted octanol–water partition coefficient (Wildman–Crippen LogP) is 4.20. The lowest BCUT2D eigenvalue weighted by Gasteiger charge is -2.41. The molecule has 3 atom stereocenters. The van der Waals surface area contributed by atoms with Gasteiger partial charge in [-0.3, -0.25) is 4.79 Å². The van der Waals surface area contributed by atoms with Gasteiger partial charge in [0.2, 0.25) is 5.91 Å². The number of fused-ring (bicyclic) bond motifs is 2. The molecule has 3 nitrogen and oxygen atoms in total. The van der Waals surface area contributed by atoms with Crippen LogP contribution < -0.4 is 0 Å². The second-order valence-corrected chi connectivity index (χ2v) is 13.4. The van der Waals surface area contributed by atoms with E-state index in [4.69, 9.17) is 4.43 Å². The van der Waals surface area contributed by atoms with Crippen molar-refractivity contribution in [2.75, 3.05) is 0 Å². The third-order valence-corrected chi connectivity index (χ3v) is 10.5. The van der Waals surface area contributed by atoms with E-state index in [-0.39, 0.29) is 17.1 Å². The summed E-state index contributed by atoms with van der Waals surface area (Å²) in [6.45, 7) is 12.1. The van der Waals surface area contributed by atoms with Crippen molar-refractivity contribution in [2.24, 2.45) is 5.92 Å². The zero-order valence-electron chi connectivity index (χ0n) is 15.0. The number of hydrogen-bond donors (Lipinski definition) is 0. The maximum atomic E-state index is 12.8. The van der Waals surface area contributed by atoms with Crippen LogP contribution >= 0.6 is 0 Å². The minimum Gasteiger partial charge on any atom is -0.413 e. The van der Waals surface area contributed by atoms with Gasteiger partial charge in [0.25, 0.3) is 0 Å².